The Kier molecular flexibility index (Phi) is 7.54. The average Bonchev–Trinajstić information content (AvgIpc) is 3.13. The van der Waals surface area contributed by atoms with E-state index in [1.807, 2.05) is 56.3 Å². The van der Waals surface area contributed by atoms with E-state index in [1.165, 1.54) is 4.90 Å². The quantitative estimate of drug-likeness (QED) is 0.186. The van der Waals surface area contributed by atoms with Crippen molar-refractivity contribution in [2.45, 2.75) is 26.4 Å². The van der Waals surface area contributed by atoms with E-state index >= 15 is 0 Å². The van der Waals surface area contributed by atoms with E-state index in [0.717, 1.165) is 11.1 Å². The number of hydrogen-bond donors (Lipinski definition) is 1. The van der Waals surface area contributed by atoms with E-state index < -0.39 is 17.7 Å². The molecule has 1 aliphatic heterocycles. The van der Waals surface area contributed by atoms with Gasteiger partial charge in [-0.2, -0.15) is 0 Å². The number of carbonyl (C=O) groups is 2. The molecule has 184 valence electrons. The van der Waals surface area contributed by atoms with Crippen LogP contribution in [0.2, 0.25) is 0 Å². The first-order valence-corrected chi connectivity index (χ1v) is 11.8. The van der Waals surface area contributed by atoms with Crippen LogP contribution in [0.1, 0.15) is 35.2 Å². The molecule has 1 amide bonds. The van der Waals surface area contributed by atoms with Crippen molar-refractivity contribution in [1.29, 1.82) is 0 Å². The zero-order chi connectivity index (χ0) is 25.7. The van der Waals surface area contributed by atoms with Gasteiger partial charge < -0.3 is 19.5 Å². The first-order chi connectivity index (χ1) is 17.4. The molecule has 0 saturated carbocycles. The maximum Gasteiger partial charge on any atom is 0.295 e. The first-order valence-electron chi connectivity index (χ1n) is 11.8. The van der Waals surface area contributed by atoms with Crippen molar-refractivity contribution in [3.05, 3.63) is 113 Å². The first kappa shape index (κ1) is 24.8. The summed E-state index contributed by atoms with van der Waals surface area (Å²) in [7, 11) is 0. The maximum atomic E-state index is 13.3. The van der Waals surface area contributed by atoms with Gasteiger partial charge in [-0.15, -0.1) is 0 Å². The van der Waals surface area contributed by atoms with E-state index in [0.29, 0.717) is 35.8 Å². The van der Waals surface area contributed by atoms with Crippen LogP contribution in [0.4, 0.5) is 0 Å². The maximum absolute atomic E-state index is 13.3. The highest BCUT2D eigenvalue weighted by molar-refractivity contribution is 6.46. The number of aliphatic hydroxyl groups is 1. The summed E-state index contributed by atoms with van der Waals surface area (Å²) in [5.74, 6) is -0.586. The Morgan fingerprint density at radius 1 is 1.00 bits per heavy atom. The van der Waals surface area contributed by atoms with Crippen LogP contribution in [0.3, 0.4) is 0 Å². The number of amides is 1. The molecule has 1 atom stereocenters. The van der Waals surface area contributed by atoms with E-state index in [-0.39, 0.29) is 17.9 Å². The lowest BCUT2D eigenvalue weighted by Gasteiger charge is -2.26. The molecule has 3 aromatic rings. The zero-order valence-corrected chi connectivity index (χ0v) is 20.4. The Morgan fingerprint density at radius 3 is 2.39 bits per heavy atom. The number of ether oxygens (including phenoxy) is 2. The molecule has 0 bridgehead atoms. The molecule has 1 heterocycles. The predicted octanol–water partition coefficient (Wildman–Crippen LogP) is 5.58. The van der Waals surface area contributed by atoms with Crippen LogP contribution in [0, 0.1) is 6.92 Å². The molecule has 0 radical (unpaired) electrons. The minimum absolute atomic E-state index is 0.0435. The Balaban J connectivity index is 1.87. The van der Waals surface area contributed by atoms with Gasteiger partial charge >= 0.3 is 0 Å². The summed E-state index contributed by atoms with van der Waals surface area (Å²) < 4.78 is 11.5. The summed E-state index contributed by atoms with van der Waals surface area (Å²) in [6.07, 6.45) is 1.64. The van der Waals surface area contributed by atoms with Gasteiger partial charge in [0, 0.05) is 12.1 Å². The zero-order valence-electron chi connectivity index (χ0n) is 20.4. The van der Waals surface area contributed by atoms with Crippen molar-refractivity contribution < 1.29 is 24.2 Å². The summed E-state index contributed by atoms with van der Waals surface area (Å²) in [5, 5.41) is 11.3. The van der Waals surface area contributed by atoms with Crippen LogP contribution >= 0.6 is 0 Å². The lowest BCUT2D eigenvalue weighted by molar-refractivity contribution is -0.140. The highest BCUT2D eigenvalue weighted by Crippen LogP contribution is 2.42. The third kappa shape index (κ3) is 5.03. The number of aryl methyl sites for hydroxylation is 1. The highest BCUT2D eigenvalue weighted by atomic mass is 16.5. The van der Waals surface area contributed by atoms with Crippen LogP contribution in [0.25, 0.3) is 5.76 Å². The topological polar surface area (TPSA) is 76.1 Å². The smallest absolute Gasteiger partial charge is 0.295 e. The number of Topliss-reactive ketones (excluding diaryl/α,β-unsaturated/α-hetero) is 1. The van der Waals surface area contributed by atoms with Crippen LogP contribution in [0.5, 0.6) is 11.5 Å². The van der Waals surface area contributed by atoms with E-state index in [9.17, 15) is 14.7 Å². The summed E-state index contributed by atoms with van der Waals surface area (Å²) in [4.78, 5) is 28.1. The number of benzene rings is 3. The molecule has 1 N–H and O–H groups in total. The van der Waals surface area contributed by atoms with Gasteiger partial charge in [0.05, 0.1) is 18.2 Å². The normalized spacial score (nSPS) is 16.7. The number of aliphatic hydroxyl groups excluding tert-OH is 1. The van der Waals surface area contributed by atoms with Crippen molar-refractivity contribution in [2.75, 3.05) is 13.2 Å². The van der Waals surface area contributed by atoms with E-state index in [2.05, 4.69) is 6.58 Å². The number of carbonyl (C=O) groups excluding carboxylic acids is 2. The Labute approximate surface area is 211 Å². The van der Waals surface area contributed by atoms with Gasteiger partial charge in [0.25, 0.3) is 11.7 Å². The molecule has 1 saturated heterocycles. The van der Waals surface area contributed by atoms with Crippen molar-refractivity contribution in [3.8, 4) is 11.5 Å². The molecule has 1 aliphatic rings. The minimum Gasteiger partial charge on any atom is -0.507 e. The fourth-order valence-electron chi connectivity index (χ4n) is 4.27. The minimum atomic E-state index is -0.806. The van der Waals surface area contributed by atoms with Crippen LogP contribution in [-0.4, -0.2) is 34.9 Å². The summed E-state index contributed by atoms with van der Waals surface area (Å²) in [6.45, 7) is 8.40. The van der Waals surface area contributed by atoms with Gasteiger partial charge in [-0.25, -0.2) is 0 Å². The molecule has 36 heavy (non-hydrogen) atoms. The summed E-state index contributed by atoms with van der Waals surface area (Å²) in [5.41, 5.74) is 3.04. The molecular formula is C30H29NO5. The fraction of sp³-hybridized carbons (Fsp3) is 0.200. The van der Waals surface area contributed by atoms with Crippen molar-refractivity contribution >= 4 is 17.4 Å². The Bertz CT molecular complexity index is 1290. The number of hydrogen-bond acceptors (Lipinski definition) is 5. The van der Waals surface area contributed by atoms with Crippen molar-refractivity contribution in [2.24, 2.45) is 0 Å². The second-order valence-corrected chi connectivity index (χ2v) is 8.52. The molecule has 1 unspecified atom stereocenters. The lowest BCUT2D eigenvalue weighted by Crippen LogP contribution is -2.29. The number of rotatable bonds is 9. The second kappa shape index (κ2) is 11.0. The number of nitrogens with zero attached hydrogens (tertiary/aromatic N) is 1. The number of ketones is 1. The average molecular weight is 484 g/mol. The van der Waals surface area contributed by atoms with Crippen LogP contribution in [-0.2, 0) is 16.1 Å². The lowest BCUT2D eigenvalue weighted by atomic mass is 9.94. The molecule has 6 nitrogen and oxygen atoms in total. The van der Waals surface area contributed by atoms with Gasteiger partial charge in [-0.3, -0.25) is 9.59 Å². The fourth-order valence-corrected chi connectivity index (χ4v) is 4.27. The van der Waals surface area contributed by atoms with E-state index in [1.54, 1.807) is 36.4 Å². The molecule has 3 aromatic carbocycles. The van der Waals surface area contributed by atoms with Gasteiger partial charge in [-0.1, -0.05) is 78.9 Å². The van der Waals surface area contributed by atoms with Gasteiger partial charge in [-0.05, 0) is 37.1 Å². The SMILES string of the molecule is C=CCOc1ccc(C2/C(=C(\O)c3ccc(C)cc3)C(=O)C(=O)N2Cc2ccccc2)cc1OCC. The Hall–Kier alpha value is -4.32. The van der Waals surface area contributed by atoms with Gasteiger partial charge in [0.1, 0.15) is 12.4 Å². The third-order valence-electron chi connectivity index (χ3n) is 6.00. The Morgan fingerprint density at radius 2 is 1.72 bits per heavy atom. The molecule has 0 aliphatic carbocycles. The van der Waals surface area contributed by atoms with Crippen LogP contribution < -0.4 is 9.47 Å². The third-order valence-corrected chi connectivity index (χ3v) is 6.00. The standard InChI is InChI=1S/C30H29NO5/c1-4-17-36-24-16-15-23(18-25(24)35-5-2)27-26(28(32)22-13-11-20(3)12-14-22)29(33)30(34)31(27)19-21-9-7-6-8-10-21/h4,6-16,18,27,32H,1,5,17,19H2,2-3H3/b28-26+. The number of likely N-dealkylation sites (tertiary alicyclic amines) is 1. The molecular weight excluding hydrogens is 454 g/mol. The van der Waals surface area contributed by atoms with Crippen molar-refractivity contribution in [1.82, 2.24) is 4.90 Å². The van der Waals surface area contributed by atoms with Crippen molar-refractivity contribution in [3.63, 3.8) is 0 Å². The molecule has 1 fully saturated rings. The summed E-state index contributed by atoms with van der Waals surface area (Å²) in [6, 6.07) is 21.1. The monoisotopic (exact) mass is 483 g/mol. The molecule has 4 rings (SSSR count). The second-order valence-electron chi connectivity index (χ2n) is 8.52. The molecule has 0 spiro atoms. The highest BCUT2D eigenvalue weighted by Gasteiger charge is 2.46. The van der Waals surface area contributed by atoms with Gasteiger partial charge in [0.2, 0.25) is 0 Å². The largest absolute Gasteiger partial charge is 0.507 e. The van der Waals surface area contributed by atoms with Crippen LogP contribution in [0.15, 0.2) is 91.0 Å². The predicted molar refractivity (Wildman–Crippen MR) is 139 cm³/mol. The summed E-state index contributed by atoms with van der Waals surface area (Å²) >= 11 is 0. The molecule has 6 heteroatoms. The van der Waals surface area contributed by atoms with E-state index in [4.69, 9.17) is 9.47 Å². The molecule has 0 aromatic heterocycles. The van der Waals surface area contributed by atoms with Gasteiger partial charge in [0.15, 0.2) is 11.5 Å².